The zero-order valence-corrected chi connectivity index (χ0v) is 10.7. The third kappa shape index (κ3) is 2.10. The van der Waals surface area contributed by atoms with Crippen molar-refractivity contribution in [1.82, 2.24) is 10.2 Å². The smallest absolute Gasteiger partial charge is 0.227 e. The molecule has 2 rings (SSSR count). The van der Waals surface area contributed by atoms with Crippen LogP contribution in [0.5, 0.6) is 0 Å². The van der Waals surface area contributed by atoms with Crippen LogP contribution in [0.3, 0.4) is 0 Å². The zero-order valence-electron chi connectivity index (χ0n) is 10.7. The highest BCUT2D eigenvalue weighted by Crippen LogP contribution is 2.34. The average molecular weight is 224 g/mol. The number of hydrogen-bond acceptors (Lipinski definition) is 2. The summed E-state index contributed by atoms with van der Waals surface area (Å²) in [7, 11) is 1.97. The van der Waals surface area contributed by atoms with Gasteiger partial charge in [-0.3, -0.25) is 4.79 Å². The number of rotatable bonds is 4. The van der Waals surface area contributed by atoms with Gasteiger partial charge in [0.05, 0.1) is 5.92 Å². The number of nitrogens with one attached hydrogen (secondary N) is 1. The van der Waals surface area contributed by atoms with Crippen molar-refractivity contribution in [3.8, 4) is 0 Å². The summed E-state index contributed by atoms with van der Waals surface area (Å²) in [5, 5.41) is 3.54. The van der Waals surface area contributed by atoms with Crippen molar-refractivity contribution in [2.45, 2.75) is 64.1 Å². The minimum Gasteiger partial charge on any atom is -0.343 e. The number of amides is 1. The van der Waals surface area contributed by atoms with Crippen molar-refractivity contribution in [3.05, 3.63) is 0 Å². The molecule has 3 nitrogen and oxygen atoms in total. The molecule has 0 aromatic rings. The molecule has 0 aromatic carbocycles. The largest absolute Gasteiger partial charge is 0.343 e. The van der Waals surface area contributed by atoms with Crippen LogP contribution in [0.4, 0.5) is 0 Å². The molecule has 0 saturated carbocycles. The molecule has 2 aliphatic rings. The normalized spacial score (nSPS) is 34.1. The van der Waals surface area contributed by atoms with Gasteiger partial charge in [0.15, 0.2) is 0 Å². The molecule has 2 bridgehead atoms. The molecule has 2 heterocycles. The van der Waals surface area contributed by atoms with Gasteiger partial charge in [-0.25, -0.2) is 0 Å². The molecular formula is C13H24N2O. The van der Waals surface area contributed by atoms with Crippen LogP contribution in [-0.2, 0) is 4.79 Å². The molecular weight excluding hydrogens is 200 g/mol. The van der Waals surface area contributed by atoms with E-state index in [0.717, 1.165) is 19.3 Å². The summed E-state index contributed by atoms with van der Waals surface area (Å²) in [4.78, 5) is 14.3. The summed E-state index contributed by atoms with van der Waals surface area (Å²) in [6.45, 7) is 4.33. The van der Waals surface area contributed by atoms with Gasteiger partial charge in [0.1, 0.15) is 0 Å². The summed E-state index contributed by atoms with van der Waals surface area (Å²) in [6, 6.07) is 1.47. The molecule has 92 valence electrons. The second kappa shape index (κ2) is 4.74. The molecule has 3 heteroatoms. The Balaban J connectivity index is 1.92. The van der Waals surface area contributed by atoms with Gasteiger partial charge in [-0.05, 0) is 32.6 Å². The maximum Gasteiger partial charge on any atom is 0.227 e. The predicted octanol–water partition coefficient (Wildman–Crippen LogP) is 1.77. The lowest BCUT2D eigenvalue weighted by molar-refractivity contribution is -0.136. The standard InChI is InChI=1S/C13H24N2O/c1-4-5-9(2)15(3)13(16)11-8-10-6-7-12(11)14-10/h9-12,14H,4-8H2,1-3H3. The van der Waals surface area contributed by atoms with Gasteiger partial charge in [-0.15, -0.1) is 0 Å². The fourth-order valence-electron chi connectivity index (χ4n) is 3.19. The van der Waals surface area contributed by atoms with Crippen molar-refractivity contribution in [2.75, 3.05) is 7.05 Å². The minimum absolute atomic E-state index is 0.253. The summed E-state index contributed by atoms with van der Waals surface area (Å²) in [6.07, 6.45) is 5.77. The Morgan fingerprint density at radius 3 is 2.75 bits per heavy atom. The third-order valence-corrected chi connectivity index (χ3v) is 4.33. The minimum atomic E-state index is 0.253. The Kier molecular flexibility index (Phi) is 3.53. The Hall–Kier alpha value is -0.570. The number of fused-ring (bicyclic) bond motifs is 2. The quantitative estimate of drug-likeness (QED) is 0.789. The van der Waals surface area contributed by atoms with Gasteiger partial charge in [0, 0.05) is 25.2 Å². The summed E-state index contributed by atoms with van der Waals surface area (Å²) in [5.41, 5.74) is 0. The van der Waals surface area contributed by atoms with Gasteiger partial charge in [-0.1, -0.05) is 13.3 Å². The number of carbonyl (C=O) groups excluding carboxylic acids is 1. The molecule has 4 unspecified atom stereocenters. The Bertz CT molecular complexity index is 267. The van der Waals surface area contributed by atoms with Crippen LogP contribution in [0.2, 0.25) is 0 Å². The fourth-order valence-corrected chi connectivity index (χ4v) is 3.19. The summed E-state index contributed by atoms with van der Waals surface area (Å²) < 4.78 is 0. The fraction of sp³-hybridized carbons (Fsp3) is 0.923. The molecule has 2 saturated heterocycles. The van der Waals surface area contributed by atoms with Crippen molar-refractivity contribution in [3.63, 3.8) is 0 Å². The van der Waals surface area contributed by atoms with Gasteiger partial charge in [0.2, 0.25) is 5.91 Å². The van der Waals surface area contributed by atoms with E-state index in [4.69, 9.17) is 0 Å². The summed E-state index contributed by atoms with van der Waals surface area (Å²) >= 11 is 0. The lowest BCUT2D eigenvalue weighted by atomic mass is 9.88. The van der Waals surface area contributed by atoms with Crippen LogP contribution in [0, 0.1) is 5.92 Å². The highest BCUT2D eigenvalue weighted by Gasteiger charge is 2.43. The lowest BCUT2D eigenvalue weighted by Crippen LogP contribution is -2.42. The van der Waals surface area contributed by atoms with E-state index in [9.17, 15) is 4.79 Å². The summed E-state index contributed by atoms with van der Waals surface area (Å²) in [5.74, 6) is 0.615. The number of carbonyl (C=O) groups is 1. The first kappa shape index (κ1) is 11.9. The number of hydrogen-bond donors (Lipinski definition) is 1. The lowest BCUT2D eigenvalue weighted by Gasteiger charge is -2.30. The second-order valence-electron chi connectivity index (χ2n) is 5.48. The van der Waals surface area contributed by atoms with Crippen molar-refractivity contribution >= 4 is 5.91 Å². The van der Waals surface area contributed by atoms with Crippen LogP contribution in [0.15, 0.2) is 0 Å². The SMILES string of the molecule is CCCC(C)N(C)C(=O)C1CC2CCC1N2. The second-order valence-corrected chi connectivity index (χ2v) is 5.48. The van der Waals surface area contributed by atoms with Crippen LogP contribution < -0.4 is 5.32 Å². The van der Waals surface area contributed by atoms with E-state index < -0.39 is 0 Å². The van der Waals surface area contributed by atoms with E-state index in [2.05, 4.69) is 19.2 Å². The van der Waals surface area contributed by atoms with Gasteiger partial charge in [0.25, 0.3) is 0 Å². The maximum atomic E-state index is 12.3. The van der Waals surface area contributed by atoms with Gasteiger partial charge < -0.3 is 10.2 Å². The Labute approximate surface area is 98.6 Å². The molecule has 0 aliphatic carbocycles. The zero-order chi connectivity index (χ0) is 11.7. The maximum absolute atomic E-state index is 12.3. The molecule has 1 amide bonds. The van der Waals surface area contributed by atoms with Crippen LogP contribution in [0.25, 0.3) is 0 Å². The first-order valence-electron chi connectivity index (χ1n) is 6.66. The monoisotopic (exact) mass is 224 g/mol. The molecule has 2 fully saturated rings. The molecule has 1 N–H and O–H groups in total. The predicted molar refractivity (Wildman–Crippen MR) is 65.2 cm³/mol. The van der Waals surface area contributed by atoms with Crippen LogP contribution in [0.1, 0.15) is 46.0 Å². The molecule has 0 radical (unpaired) electrons. The first-order valence-corrected chi connectivity index (χ1v) is 6.66. The molecule has 16 heavy (non-hydrogen) atoms. The van der Waals surface area contributed by atoms with Crippen molar-refractivity contribution in [1.29, 1.82) is 0 Å². The van der Waals surface area contributed by atoms with Gasteiger partial charge >= 0.3 is 0 Å². The highest BCUT2D eigenvalue weighted by atomic mass is 16.2. The van der Waals surface area contributed by atoms with Crippen molar-refractivity contribution in [2.24, 2.45) is 5.92 Å². The third-order valence-electron chi connectivity index (χ3n) is 4.33. The van der Waals surface area contributed by atoms with Crippen LogP contribution in [-0.4, -0.2) is 36.0 Å². The van der Waals surface area contributed by atoms with E-state index >= 15 is 0 Å². The Morgan fingerprint density at radius 2 is 2.25 bits per heavy atom. The highest BCUT2D eigenvalue weighted by molar-refractivity contribution is 5.80. The molecule has 4 atom stereocenters. The van der Waals surface area contributed by atoms with E-state index in [1.165, 1.54) is 12.8 Å². The Morgan fingerprint density at radius 1 is 1.50 bits per heavy atom. The van der Waals surface area contributed by atoms with E-state index in [1.54, 1.807) is 0 Å². The number of nitrogens with zero attached hydrogens (tertiary/aromatic N) is 1. The van der Waals surface area contributed by atoms with E-state index in [1.807, 2.05) is 11.9 Å². The van der Waals surface area contributed by atoms with Crippen molar-refractivity contribution < 1.29 is 4.79 Å². The van der Waals surface area contributed by atoms with E-state index in [0.29, 0.717) is 24.0 Å². The topological polar surface area (TPSA) is 32.3 Å². The molecule has 0 aromatic heterocycles. The van der Waals surface area contributed by atoms with Crippen LogP contribution >= 0.6 is 0 Å². The average Bonchev–Trinajstić information content (AvgIpc) is 2.89. The van der Waals surface area contributed by atoms with E-state index in [-0.39, 0.29) is 5.92 Å². The molecule has 0 spiro atoms. The van der Waals surface area contributed by atoms with Gasteiger partial charge in [-0.2, -0.15) is 0 Å². The first-order chi connectivity index (χ1) is 7.63. The molecule has 2 aliphatic heterocycles.